The maximum atomic E-state index is 7.12. The van der Waals surface area contributed by atoms with Crippen molar-refractivity contribution >= 4 is 55.5 Å². The lowest BCUT2D eigenvalue weighted by atomic mass is 9.98. The Morgan fingerprint density at radius 1 is 0.475 bits per heavy atom. The lowest BCUT2D eigenvalue weighted by Gasteiger charge is -2.11. The van der Waals surface area contributed by atoms with Crippen LogP contribution in [-0.4, -0.2) is 24.1 Å². The average Bonchev–Trinajstić information content (AvgIpc) is 3.85. The molecule has 11 aromatic rings. The Kier molecular flexibility index (Phi) is 8.82. The van der Waals surface area contributed by atoms with E-state index >= 15 is 0 Å². The molecule has 290 valence electrons. The molecule has 2 N–H and O–H groups in total. The minimum atomic E-state index is 0.628. The molecule has 0 aliphatic rings. The summed E-state index contributed by atoms with van der Waals surface area (Å²) in [6.07, 6.45) is 3.17. The topological polar surface area (TPSA) is 74.5 Å². The van der Waals surface area contributed by atoms with Crippen molar-refractivity contribution in [1.82, 2.24) is 24.1 Å². The summed E-state index contributed by atoms with van der Waals surface area (Å²) in [6, 6.07) is 67.8. The maximum absolute atomic E-state index is 7.12. The SMILES string of the molecule is CC/C=c1/cccc/c1=C(/N)n1c2ccccc2c2cc(-c3cccc4c3c3ccccc3n4-c3ccc(-c4nc(-c5ccccc5)nc(-c5ccccc5)n4)cc3)ccc21. The number of benzene rings is 8. The molecule has 0 amide bonds. The third-order valence-electron chi connectivity index (χ3n) is 11.7. The summed E-state index contributed by atoms with van der Waals surface area (Å²) in [5, 5.41) is 6.90. The van der Waals surface area contributed by atoms with E-state index in [4.69, 9.17) is 20.7 Å². The van der Waals surface area contributed by atoms with Crippen LogP contribution in [0, 0.1) is 0 Å². The Morgan fingerprint density at radius 2 is 1.02 bits per heavy atom. The standard InChI is InChI=1S/C55H40N6/c1-2-16-36-17-9-10-22-43(36)52(56)61-47-26-13-11-23-44(47)46-35-40(31-34-49(46)61)42-25-15-28-50-51(42)45-24-12-14-27-48(45)60(50)41-32-29-39(30-33-41)55-58-53(37-18-5-3-6-19-37)57-54(59-55)38-20-7-4-8-21-38/h3-35H,2,56H2,1H3/b36-16-,52-43+. The first-order valence-corrected chi connectivity index (χ1v) is 20.7. The summed E-state index contributed by atoms with van der Waals surface area (Å²) >= 11 is 0. The van der Waals surface area contributed by atoms with E-state index in [9.17, 15) is 0 Å². The first kappa shape index (κ1) is 36.0. The van der Waals surface area contributed by atoms with Gasteiger partial charge in [-0.3, -0.25) is 4.57 Å². The summed E-state index contributed by atoms with van der Waals surface area (Å²) in [6.45, 7) is 2.16. The van der Waals surface area contributed by atoms with Gasteiger partial charge in [0.25, 0.3) is 0 Å². The van der Waals surface area contributed by atoms with Gasteiger partial charge in [0.1, 0.15) is 5.82 Å². The van der Waals surface area contributed by atoms with E-state index in [1.807, 2.05) is 60.7 Å². The Balaban J connectivity index is 1.05. The van der Waals surface area contributed by atoms with Crippen molar-refractivity contribution < 1.29 is 0 Å². The fourth-order valence-corrected chi connectivity index (χ4v) is 8.88. The number of hydrogen-bond donors (Lipinski definition) is 1. The fourth-order valence-electron chi connectivity index (χ4n) is 8.88. The molecule has 0 atom stereocenters. The molecule has 0 aliphatic heterocycles. The van der Waals surface area contributed by atoms with Crippen molar-refractivity contribution in [3.8, 4) is 51.0 Å². The molecule has 0 spiro atoms. The van der Waals surface area contributed by atoms with Crippen LogP contribution in [-0.2, 0) is 0 Å². The molecule has 8 aromatic carbocycles. The Labute approximate surface area is 352 Å². The Hall–Kier alpha value is -8.09. The first-order chi connectivity index (χ1) is 30.1. The van der Waals surface area contributed by atoms with Crippen LogP contribution in [0.5, 0.6) is 0 Å². The van der Waals surface area contributed by atoms with E-state index in [0.29, 0.717) is 17.5 Å². The zero-order valence-corrected chi connectivity index (χ0v) is 33.6. The molecule has 3 aromatic heterocycles. The van der Waals surface area contributed by atoms with Gasteiger partial charge in [0.2, 0.25) is 0 Å². The highest BCUT2D eigenvalue weighted by molar-refractivity contribution is 6.17. The molecule has 6 heteroatoms. The summed E-state index contributed by atoms with van der Waals surface area (Å²) in [4.78, 5) is 14.8. The zero-order chi connectivity index (χ0) is 40.9. The van der Waals surface area contributed by atoms with Crippen molar-refractivity contribution in [1.29, 1.82) is 0 Å². The molecule has 3 heterocycles. The molecular formula is C55H40N6. The lowest BCUT2D eigenvalue weighted by molar-refractivity contribution is 1.07. The summed E-state index contributed by atoms with van der Waals surface area (Å²) in [7, 11) is 0. The molecule has 0 saturated heterocycles. The smallest absolute Gasteiger partial charge is 0.164 e. The van der Waals surface area contributed by atoms with Gasteiger partial charge in [-0.25, -0.2) is 15.0 Å². The van der Waals surface area contributed by atoms with Gasteiger partial charge in [0.05, 0.1) is 22.1 Å². The van der Waals surface area contributed by atoms with E-state index in [0.717, 1.165) is 78.1 Å². The van der Waals surface area contributed by atoms with E-state index in [2.05, 4.69) is 156 Å². The van der Waals surface area contributed by atoms with E-state index in [-0.39, 0.29) is 0 Å². The third kappa shape index (κ3) is 6.16. The average molecular weight is 785 g/mol. The molecule has 0 fully saturated rings. The van der Waals surface area contributed by atoms with Crippen molar-refractivity contribution in [2.75, 3.05) is 0 Å². The van der Waals surface area contributed by atoms with Gasteiger partial charge in [-0.2, -0.15) is 0 Å². The van der Waals surface area contributed by atoms with Crippen LogP contribution in [0.25, 0.3) is 106 Å². The molecule has 61 heavy (non-hydrogen) atoms. The maximum Gasteiger partial charge on any atom is 0.164 e. The molecule has 0 bridgehead atoms. The predicted molar refractivity (Wildman–Crippen MR) is 252 cm³/mol. The van der Waals surface area contributed by atoms with Crippen molar-refractivity contribution in [2.24, 2.45) is 5.73 Å². The highest BCUT2D eigenvalue weighted by Crippen LogP contribution is 2.41. The van der Waals surface area contributed by atoms with Crippen LogP contribution in [0.15, 0.2) is 194 Å². The molecule has 0 aliphatic carbocycles. The molecule has 0 saturated carbocycles. The highest BCUT2D eigenvalue weighted by Gasteiger charge is 2.19. The van der Waals surface area contributed by atoms with Gasteiger partial charge < -0.3 is 10.3 Å². The lowest BCUT2D eigenvalue weighted by Crippen LogP contribution is -2.32. The number of fused-ring (bicyclic) bond motifs is 6. The molecule has 6 nitrogen and oxygen atoms in total. The summed E-state index contributed by atoms with van der Waals surface area (Å²) in [5.41, 5.74) is 17.7. The van der Waals surface area contributed by atoms with Crippen LogP contribution in [0.4, 0.5) is 0 Å². The van der Waals surface area contributed by atoms with Crippen LogP contribution < -0.4 is 16.2 Å². The molecule has 0 unspecified atom stereocenters. The van der Waals surface area contributed by atoms with E-state index in [1.54, 1.807) is 0 Å². The van der Waals surface area contributed by atoms with Gasteiger partial charge in [0, 0.05) is 49.1 Å². The van der Waals surface area contributed by atoms with Crippen molar-refractivity contribution in [3.05, 3.63) is 205 Å². The minimum Gasteiger partial charge on any atom is -0.384 e. The zero-order valence-electron chi connectivity index (χ0n) is 33.6. The second-order valence-electron chi connectivity index (χ2n) is 15.3. The second-order valence-corrected chi connectivity index (χ2v) is 15.3. The van der Waals surface area contributed by atoms with Crippen LogP contribution in [0.1, 0.15) is 13.3 Å². The number of para-hydroxylation sites is 2. The van der Waals surface area contributed by atoms with Gasteiger partial charge in [-0.15, -0.1) is 0 Å². The monoisotopic (exact) mass is 784 g/mol. The normalized spacial score (nSPS) is 12.5. The van der Waals surface area contributed by atoms with Crippen LogP contribution >= 0.6 is 0 Å². The van der Waals surface area contributed by atoms with Crippen molar-refractivity contribution in [3.63, 3.8) is 0 Å². The van der Waals surface area contributed by atoms with Gasteiger partial charge in [0.15, 0.2) is 17.5 Å². The van der Waals surface area contributed by atoms with E-state index < -0.39 is 0 Å². The molecular weight excluding hydrogens is 745 g/mol. The quantitative estimate of drug-likeness (QED) is 0.175. The van der Waals surface area contributed by atoms with Gasteiger partial charge >= 0.3 is 0 Å². The highest BCUT2D eigenvalue weighted by atomic mass is 15.1. The van der Waals surface area contributed by atoms with E-state index in [1.165, 1.54) is 21.7 Å². The second kappa shape index (κ2) is 14.9. The van der Waals surface area contributed by atoms with Crippen molar-refractivity contribution in [2.45, 2.75) is 13.3 Å². The number of rotatable bonds is 7. The van der Waals surface area contributed by atoms with Gasteiger partial charge in [-0.05, 0) is 77.4 Å². The van der Waals surface area contributed by atoms with Crippen LogP contribution in [0.2, 0.25) is 0 Å². The number of nitrogens with two attached hydrogens (primary N) is 1. The Bertz CT molecular complexity index is 3510. The Morgan fingerprint density at radius 3 is 1.70 bits per heavy atom. The van der Waals surface area contributed by atoms with Gasteiger partial charge in [-0.1, -0.05) is 153 Å². The predicted octanol–water partition coefficient (Wildman–Crippen LogP) is 11.5. The summed E-state index contributed by atoms with van der Waals surface area (Å²) in [5.74, 6) is 2.63. The summed E-state index contributed by atoms with van der Waals surface area (Å²) < 4.78 is 4.58. The largest absolute Gasteiger partial charge is 0.384 e. The fraction of sp³-hybridized carbons (Fsp3) is 0.0364. The number of nitrogens with zero attached hydrogens (tertiary/aromatic N) is 5. The number of aromatic nitrogens is 5. The molecule has 11 rings (SSSR count). The molecule has 0 radical (unpaired) electrons. The van der Waals surface area contributed by atoms with Crippen LogP contribution in [0.3, 0.4) is 0 Å². The number of hydrogen-bond acceptors (Lipinski definition) is 4. The first-order valence-electron chi connectivity index (χ1n) is 20.7. The third-order valence-corrected chi connectivity index (χ3v) is 11.7. The minimum absolute atomic E-state index is 0.628.